The first-order valence-electron chi connectivity index (χ1n) is 32.4. The number of furan rings is 2. The number of hydrogen-bond acceptors (Lipinski definition) is 2. The topological polar surface area (TPSA) is 41.1 Å². The lowest BCUT2D eigenvalue weighted by Gasteiger charge is -2.21. The van der Waals surface area contributed by atoms with Gasteiger partial charge in [0.25, 0.3) is 0 Å². The average molecular weight is 1280 g/mol. The van der Waals surface area contributed by atoms with Crippen molar-refractivity contribution >= 4 is 103 Å². The molecular formula is C88H70BrN3O2. The molecule has 5 nitrogen and oxygen atoms in total. The normalized spacial score (nSPS) is 13.5. The van der Waals surface area contributed by atoms with Crippen LogP contribution in [-0.4, -0.2) is 13.7 Å². The van der Waals surface area contributed by atoms with E-state index in [9.17, 15) is 0 Å². The fourth-order valence-corrected chi connectivity index (χ4v) is 16.7. The van der Waals surface area contributed by atoms with E-state index >= 15 is 0 Å². The van der Waals surface area contributed by atoms with Crippen molar-refractivity contribution in [2.24, 2.45) is 0 Å². The average Bonchev–Trinajstić information content (AvgIpc) is 1.54. The fraction of sp³-hybridized carbons (Fsp3) is 0.0682. The highest BCUT2D eigenvalue weighted by Gasteiger charge is 2.42. The molecule has 0 N–H and O–H groups in total. The molecule has 0 atom stereocenters. The van der Waals surface area contributed by atoms with Gasteiger partial charge in [0.2, 0.25) is 0 Å². The molecule has 0 saturated heterocycles. The summed E-state index contributed by atoms with van der Waals surface area (Å²) in [5, 5.41) is 9.72. The zero-order chi connectivity index (χ0) is 62.7. The predicted molar refractivity (Wildman–Crippen MR) is 405 cm³/mol. The molecule has 0 radical (unpaired) electrons. The van der Waals surface area contributed by atoms with E-state index in [1.807, 2.05) is 24.3 Å². The van der Waals surface area contributed by atoms with Crippen molar-refractivity contribution in [2.45, 2.75) is 38.5 Å². The van der Waals surface area contributed by atoms with E-state index in [1.165, 1.54) is 105 Å². The predicted octanol–water partition coefficient (Wildman–Crippen LogP) is 25.8. The second-order valence-corrected chi connectivity index (χ2v) is 27.3. The fourth-order valence-electron chi connectivity index (χ4n) is 16.3. The third-order valence-corrected chi connectivity index (χ3v) is 21.1. The lowest BCUT2D eigenvalue weighted by molar-refractivity contribution is 0.666. The van der Waals surface area contributed by atoms with Gasteiger partial charge in [0, 0.05) is 105 Å². The van der Waals surface area contributed by atoms with E-state index < -0.39 is 0 Å². The summed E-state index contributed by atoms with van der Waals surface area (Å²) in [4.78, 5) is 0. The Balaban J connectivity index is 0.000000171. The molecule has 0 fully saturated rings. The van der Waals surface area contributed by atoms with Gasteiger partial charge in [-0.3, -0.25) is 0 Å². The van der Waals surface area contributed by atoms with Crippen molar-refractivity contribution in [3.8, 4) is 73.0 Å². The van der Waals surface area contributed by atoms with Crippen molar-refractivity contribution in [1.82, 2.24) is 13.7 Å². The zero-order valence-corrected chi connectivity index (χ0v) is 53.8. The Kier molecular flexibility index (Phi) is 11.8. The third kappa shape index (κ3) is 7.93. The first-order valence-corrected chi connectivity index (χ1v) is 33.2. The van der Waals surface area contributed by atoms with Gasteiger partial charge in [-0.2, -0.15) is 0 Å². The van der Waals surface area contributed by atoms with Gasteiger partial charge < -0.3 is 22.5 Å². The molecule has 0 saturated carbocycles. The van der Waals surface area contributed by atoms with E-state index in [4.69, 9.17) is 8.83 Å². The van der Waals surface area contributed by atoms with Crippen molar-refractivity contribution in [3.63, 3.8) is 0 Å². The van der Waals surface area contributed by atoms with Crippen molar-refractivity contribution in [3.05, 3.63) is 318 Å². The van der Waals surface area contributed by atoms with Crippen molar-refractivity contribution in [1.29, 1.82) is 0 Å². The molecule has 5 heterocycles. The molecule has 13 aromatic carbocycles. The molecule has 18 aromatic rings. The van der Waals surface area contributed by atoms with Crippen LogP contribution in [0, 0.1) is 0 Å². The Hall–Kier alpha value is -11.2. The molecule has 0 spiro atoms. The van der Waals surface area contributed by atoms with Crippen LogP contribution in [0.15, 0.2) is 304 Å². The number of fused-ring (bicyclic) bond motifs is 19. The minimum atomic E-state index is -0.169. The van der Waals surface area contributed by atoms with Crippen LogP contribution >= 0.6 is 15.9 Å². The SMILES string of the molecule is CC1(C)c2ccccc2-c2c1c1cc(-c3ccc4c(c3)c3ccccc3n4-c3ccccc3)ccc1n2-c1ccc(-c2cccc3c2oc2ccccc23)cc1.CC1(C)c2ccccc2-c2c1c1cc(Br)ccc1n2-c1ccc(-c2cccc3c2oc2ccccc23)cc1.[HH].[HH].[HH].[HH].[HH]. The highest BCUT2D eigenvalue weighted by molar-refractivity contribution is 9.10. The van der Waals surface area contributed by atoms with Gasteiger partial charge >= 0.3 is 0 Å². The molecular weight excluding hydrogens is 1210 g/mol. The first kappa shape index (κ1) is 54.5. The van der Waals surface area contributed by atoms with Gasteiger partial charge in [-0.15, -0.1) is 0 Å². The second kappa shape index (κ2) is 20.4. The number of benzene rings is 13. The lowest BCUT2D eigenvalue weighted by Crippen LogP contribution is -2.14. The maximum atomic E-state index is 6.43. The Morgan fingerprint density at radius 2 is 0.670 bits per heavy atom. The number of halogens is 1. The number of hydrogen-bond donors (Lipinski definition) is 0. The number of nitrogens with zero attached hydrogens (tertiary/aromatic N) is 3. The minimum Gasteiger partial charge on any atom is -0.455 e. The Bertz CT molecular complexity index is 6190. The highest BCUT2D eigenvalue weighted by atomic mass is 79.9. The summed E-state index contributed by atoms with van der Waals surface area (Å²) in [5.41, 5.74) is 29.5. The lowest BCUT2D eigenvalue weighted by atomic mass is 9.81. The van der Waals surface area contributed by atoms with E-state index in [1.54, 1.807) is 0 Å². The maximum absolute atomic E-state index is 6.43. The van der Waals surface area contributed by atoms with Crippen LogP contribution in [0.25, 0.3) is 160 Å². The smallest absolute Gasteiger partial charge is 0.143 e. The molecule has 2 aliphatic rings. The third-order valence-electron chi connectivity index (χ3n) is 20.6. The highest BCUT2D eigenvalue weighted by Crippen LogP contribution is 2.56. The zero-order valence-electron chi connectivity index (χ0n) is 52.2. The standard InChI is InChI=1S/C53H36N2O.C35H24BrNO.5H2/c1-53(2)45-20-9-6-17-42(45)51-50(53)44-32-35(34-25-29-47-43(31-34)39-15-7-10-21-46(39)54(47)36-13-4-3-5-14-36)26-30-48(44)55(51)37-27-23-33(24-28-37)38-18-12-19-41-40-16-8-11-22-49(40)56-52(38)41;1-35(2)29-12-5-3-9-27(29)33-32(35)28-20-22(36)16-19-30(28)37(33)23-17-14-21(15-18-23)24-10-7-11-26-25-8-4-6-13-31(25)38-34(24)26;;;;;/h3-32H,1-2H3;3-20H,1-2H3;5*1H. The van der Waals surface area contributed by atoms with E-state index in [-0.39, 0.29) is 18.0 Å². The first-order chi connectivity index (χ1) is 46.1. The van der Waals surface area contributed by atoms with Gasteiger partial charge in [0.1, 0.15) is 22.3 Å². The molecule has 0 bridgehead atoms. The molecule has 2 aliphatic carbocycles. The summed E-state index contributed by atoms with van der Waals surface area (Å²) in [6.07, 6.45) is 0. The van der Waals surface area contributed by atoms with Gasteiger partial charge in [-0.05, 0) is 142 Å². The second-order valence-electron chi connectivity index (χ2n) is 26.4. The number of para-hydroxylation sites is 6. The summed E-state index contributed by atoms with van der Waals surface area (Å²) >= 11 is 3.73. The molecule has 0 unspecified atom stereocenters. The van der Waals surface area contributed by atoms with E-state index in [0.717, 1.165) is 82.0 Å². The van der Waals surface area contributed by atoms with Crippen LogP contribution in [-0.2, 0) is 10.8 Å². The largest absolute Gasteiger partial charge is 0.455 e. The number of aromatic nitrogens is 3. The summed E-state index contributed by atoms with van der Waals surface area (Å²) < 4.78 is 21.2. The van der Waals surface area contributed by atoms with Gasteiger partial charge in [0.05, 0.1) is 33.5 Å². The van der Waals surface area contributed by atoms with Crippen molar-refractivity contribution < 1.29 is 16.0 Å². The van der Waals surface area contributed by atoms with E-state index in [2.05, 4.69) is 324 Å². The summed E-state index contributed by atoms with van der Waals surface area (Å²) in [7, 11) is 0. The summed E-state index contributed by atoms with van der Waals surface area (Å²) in [6.45, 7) is 9.46. The van der Waals surface area contributed by atoms with Gasteiger partial charge in [-0.25, -0.2) is 0 Å². The van der Waals surface area contributed by atoms with Crippen LogP contribution in [0.3, 0.4) is 0 Å². The molecule has 94 heavy (non-hydrogen) atoms. The minimum absolute atomic E-state index is 0. The Labute approximate surface area is 559 Å². The van der Waals surface area contributed by atoms with Crippen LogP contribution in [0.1, 0.15) is 57.1 Å². The van der Waals surface area contributed by atoms with Crippen LogP contribution in [0.4, 0.5) is 0 Å². The van der Waals surface area contributed by atoms with E-state index in [0.29, 0.717) is 0 Å². The molecule has 6 heteroatoms. The van der Waals surface area contributed by atoms with Crippen LogP contribution in [0.2, 0.25) is 0 Å². The molecule has 0 amide bonds. The summed E-state index contributed by atoms with van der Waals surface area (Å²) in [5.74, 6) is 0. The van der Waals surface area contributed by atoms with Crippen LogP contribution in [0.5, 0.6) is 0 Å². The quantitative estimate of drug-likeness (QED) is 0.166. The van der Waals surface area contributed by atoms with Crippen LogP contribution < -0.4 is 0 Å². The monoisotopic (exact) mass is 1280 g/mol. The molecule has 0 aliphatic heterocycles. The maximum Gasteiger partial charge on any atom is 0.143 e. The molecule has 20 rings (SSSR count). The summed E-state index contributed by atoms with van der Waals surface area (Å²) in [6, 6.07) is 105. The van der Waals surface area contributed by atoms with Crippen molar-refractivity contribution in [2.75, 3.05) is 0 Å². The number of rotatable bonds is 6. The van der Waals surface area contributed by atoms with Gasteiger partial charge in [0.15, 0.2) is 0 Å². The molecule has 5 aromatic heterocycles. The Morgan fingerprint density at radius 3 is 1.21 bits per heavy atom. The molecule has 456 valence electrons. The van der Waals surface area contributed by atoms with Gasteiger partial charge in [-0.1, -0.05) is 238 Å². The Morgan fingerprint density at radius 1 is 0.287 bits per heavy atom.